The second kappa shape index (κ2) is 9.73. The fourth-order valence-corrected chi connectivity index (χ4v) is 5.25. The van der Waals surface area contributed by atoms with Gasteiger partial charge in [-0.15, -0.1) is 0 Å². The van der Waals surface area contributed by atoms with E-state index in [0.717, 1.165) is 37.4 Å². The minimum Gasteiger partial charge on any atom is -0.494 e. The third-order valence-electron chi connectivity index (χ3n) is 6.55. The van der Waals surface area contributed by atoms with Crippen LogP contribution in [-0.4, -0.2) is 53.5 Å². The Bertz CT molecular complexity index is 898. The van der Waals surface area contributed by atoms with Crippen LogP contribution in [0.25, 0.3) is 0 Å². The molecule has 0 unspecified atom stereocenters. The zero-order valence-electron chi connectivity index (χ0n) is 19.0. The van der Waals surface area contributed by atoms with Crippen LogP contribution in [0.3, 0.4) is 0 Å². The monoisotopic (exact) mass is 421 g/mol. The minimum atomic E-state index is 0.0720. The molecule has 4 rings (SSSR count). The smallest absolute Gasteiger partial charge is 0.254 e. The maximum atomic E-state index is 13.7. The van der Waals surface area contributed by atoms with Crippen molar-refractivity contribution < 1.29 is 9.53 Å². The number of anilines is 1. The lowest BCUT2D eigenvalue weighted by Gasteiger charge is -2.36. The standard InChI is InChI=1S/C26H35N3O2/c1-4-31-24-10-7-9-20(16-24)26(30)28-17-21-8-5-6-11-25(21)27-15-14-22-12-13-23(18-28)29(22)19(2)3/h5-11,16,19,22-23,27H,4,12-15,17-18H2,1-3H3/t22-,23+/m1/s1. The highest BCUT2D eigenvalue weighted by Crippen LogP contribution is 2.31. The van der Waals surface area contributed by atoms with Gasteiger partial charge in [0.2, 0.25) is 0 Å². The molecule has 2 atom stereocenters. The molecule has 2 heterocycles. The molecule has 0 aromatic heterocycles. The normalized spacial score (nSPS) is 21.9. The van der Waals surface area contributed by atoms with E-state index in [0.29, 0.717) is 36.8 Å². The van der Waals surface area contributed by atoms with Gasteiger partial charge in [0, 0.05) is 49.0 Å². The van der Waals surface area contributed by atoms with Gasteiger partial charge in [-0.05, 0) is 69.9 Å². The number of hydrogen-bond acceptors (Lipinski definition) is 4. The first-order valence-corrected chi connectivity index (χ1v) is 11.7. The van der Waals surface area contributed by atoms with Crippen molar-refractivity contribution in [3.8, 4) is 5.75 Å². The first-order chi connectivity index (χ1) is 15.1. The van der Waals surface area contributed by atoms with Crippen molar-refractivity contribution in [2.24, 2.45) is 0 Å². The summed E-state index contributed by atoms with van der Waals surface area (Å²) in [7, 11) is 0. The molecule has 1 N–H and O–H groups in total. The number of rotatable bonds is 4. The summed E-state index contributed by atoms with van der Waals surface area (Å²) < 4.78 is 5.65. The molecule has 1 saturated heterocycles. The second-order valence-corrected chi connectivity index (χ2v) is 8.95. The molecule has 0 aliphatic carbocycles. The van der Waals surface area contributed by atoms with E-state index in [2.05, 4.69) is 48.3 Å². The molecule has 1 fully saturated rings. The van der Waals surface area contributed by atoms with Crippen LogP contribution in [0, 0.1) is 0 Å². The summed E-state index contributed by atoms with van der Waals surface area (Å²) in [5, 5.41) is 3.64. The van der Waals surface area contributed by atoms with E-state index in [1.165, 1.54) is 12.0 Å². The van der Waals surface area contributed by atoms with Crippen LogP contribution in [0.15, 0.2) is 48.5 Å². The van der Waals surface area contributed by atoms with Crippen molar-refractivity contribution >= 4 is 11.6 Å². The van der Waals surface area contributed by atoms with Gasteiger partial charge < -0.3 is 15.0 Å². The summed E-state index contributed by atoms with van der Waals surface area (Å²) in [4.78, 5) is 18.4. The largest absolute Gasteiger partial charge is 0.494 e. The first-order valence-electron chi connectivity index (χ1n) is 11.7. The predicted molar refractivity (Wildman–Crippen MR) is 126 cm³/mol. The van der Waals surface area contributed by atoms with Gasteiger partial charge in [0.15, 0.2) is 0 Å². The number of nitrogens with zero attached hydrogens (tertiary/aromatic N) is 2. The molecule has 2 aromatic carbocycles. The Morgan fingerprint density at radius 2 is 1.90 bits per heavy atom. The minimum absolute atomic E-state index is 0.0720. The molecule has 2 bridgehead atoms. The van der Waals surface area contributed by atoms with Crippen molar-refractivity contribution in [2.75, 3.05) is 25.0 Å². The summed E-state index contributed by atoms with van der Waals surface area (Å²) >= 11 is 0. The highest BCUT2D eigenvalue weighted by molar-refractivity contribution is 5.94. The van der Waals surface area contributed by atoms with Gasteiger partial charge in [0.25, 0.3) is 5.91 Å². The number of carbonyl (C=O) groups excluding carboxylic acids is 1. The van der Waals surface area contributed by atoms with Crippen LogP contribution in [0.2, 0.25) is 0 Å². The Hall–Kier alpha value is -2.53. The summed E-state index contributed by atoms with van der Waals surface area (Å²) in [6, 6.07) is 17.4. The van der Waals surface area contributed by atoms with Crippen molar-refractivity contribution in [1.29, 1.82) is 0 Å². The van der Waals surface area contributed by atoms with Gasteiger partial charge in [-0.1, -0.05) is 24.3 Å². The molecule has 166 valence electrons. The van der Waals surface area contributed by atoms with E-state index >= 15 is 0 Å². The Balaban J connectivity index is 1.68. The van der Waals surface area contributed by atoms with Crippen LogP contribution >= 0.6 is 0 Å². The summed E-state index contributed by atoms with van der Waals surface area (Å²) in [5.41, 5.74) is 3.00. The molecule has 2 aliphatic rings. The average molecular weight is 422 g/mol. The van der Waals surface area contributed by atoms with Crippen molar-refractivity contribution in [3.63, 3.8) is 0 Å². The van der Waals surface area contributed by atoms with Gasteiger partial charge >= 0.3 is 0 Å². The lowest BCUT2D eigenvalue weighted by molar-refractivity contribution is 0.0633. The molecule has 2 aromatic rings. The maximum Gasteiger partial charge on any atom is 0.254 e. The summed E-state index contributed by atoms with van der Waals surface area (Å²) in [5.74, 6) is 0.820. The zero-order chi connectivity index (χ0) is 21.8. The van der Waals surface area contributed by atoms with E-state index in [9.17, 15) is 4.79 Å². The topological polar surface area (TPSA) is 44.8 Å². The van der Waals surface area contributed by atoms with Gasteiger partial charge in [-0.2, -0.15) is 0 Å². The van der Waals surface area contributed by atoms with E-state index in [1.54, 1.807) is 0 Å². The van der Waals surface area contributed by atoms with Crippen LogP contribution < -0.4 is 10.1 Å². The van der Waals surface area contributed by atoms with Gasteiger partial charge in [0.05, 0.1) is 6.61 Å². The third-order valence-corrected chi connectivity index (χ3v) is 6.55. The quantitative estimate of drug-likeness (QED) is 0.771. The number of para-hydroxylation sites is 1. The molecule has 5 nitrogen and oxygen atoms in total. The zero-order valence-corrected chi connectivity index (χ0v) is 19.0. The van der Waals surface area contributed by atoms with Crippen molar-refractivity contribution in [1.82, 2.24) is 9.80 Å². The Labute approximate surface area is 186 Å². The SMILES string of the molecule is CCOc1cccc(C(=O)N2Cc3ccccc3NCC[C@H]3CC[C@@H](C2)N3C(C)C)c1. The number of ether oxygens (including phenoxy) is 1. The summed E-state index contributed by atoms with van der Waals surface area (Å²) in [6.45, 7) is 9.43. The number of fused-ring (bicyclic) bond motifs is 3. The van der Waals surface area contributed by atoms with Crippen LogP contribution in [0.1, 0.15) is 56.0 Å². The first kappa shape index (κ1) is 21.7. The number of hydrogen-bond donors (Lipinski definition) is 1. The molecule has 0 saturated carbocycles. The van der Waals surface area contributed by atoms with E-state index in [4.69, 9.17) is 4.74 Å². The third kappa shape index (κ3) is 4.87. The predicted octanol–water partition coefficient (Wildman–Crippen LogP) is 4.78. The lowest BCUT2D eigenvalue weighted by Crippen LogP contribution is -2.48. The number of carbonyl (C=O) groups is 1. The Morgan fingerprint density at radius 1 is 1.10 bits per heavy atom. The second-order valence-electron chi connectivity index (χ2n) is 8.95. The molecule has 0 radical (unpaired) electrons. The van der Waals surface area contributed by atoms with Crippen LogP contribution in [0.4, 0.5) is 5.69 Å². The molecular formula is C26H35N3O2. The van der Waals surface area contributed by atoms with Gasteiger partial charge in [-0.25, -0.2) is 0 Å². The highest BCUT2D eigenvalue weighted by Gasteiger charge is 2.37. The number of nitrogens with one attached hydrogen (secondary N) is 1. The average Bonchev–Trinajstić information content (AvgIpc) is 3.15. The van der Waals surface area contributed by atoms with E-state index < -0.39 is 0 Å². The van der Waals surface area contributed by atoms with Crippen molar-refractivity contribution in [3.05, 3.63) is 59.7 Å². The van der Waals surface area contributed by atoms with Gasteiger partial charge in [0.1, 0.15) is 5.75 Å². The Kier molecular flexibility index (Phi) is 6.81. The molecule has 0 spiro atoms. The fraction of sp³-hybridized carbons (Fsp3) is 0.500. The van der Waals surface area contributed by atoms with Crippen LogP contribution in [-0.2, 0) is 6.54 Å². The fourth-order valence-electron chi connectivity index (χ4n) is 5.25. The van der Waals surface area contributed by atoms with E-state index in [-0.39, 0.29) is 5.91 Å². The number of amides is 1. The van der Waals surface area contributed by atoms with Gasteiger partial charge in [-0.3, -0.25) is 9.69 Å². The van der Waals surface area contributed by atoms with E-state index in [1.807, 2.05) is 36.1 Å². The van der Waals surface area contributed by atoms with Crippen LogP contribution in [0.5, 0.6) is 5.75 Å². The molecule has 31 heavy (non-hydrogen) atoms. The molecular weight excluding hydrogens is 386 g/mol. The summed E-state index contributed by atoms with van der Waals surface area (Å²) in [6.07, 6.45) is 3.48. The molecule has 2 aliphatic heterocycles. The van der Waals surface area contributed by atoms with Crippen molar-refractivity contribution in [2.45, 2.75) is 64.7 Å². The lowest BCUT2D eigenvalue weighted by atomic mass is 10.1. The molecule has 5 heteroatoms. The number of benzene rings is 2. The maximum absolute atomic E-state index is 13.7. The highest BCUT2D eigenvalue weighted by atomic mass is 16.5. The molecule has 1 amide bonds. The Morgan fingerprint density at radius 3 is 2.71 bits per heavy atom.